The normalized spacial score (nSPS) is 10.8. The molecule has 6 heteroatoms. The molecule has 5 nitrogen and oxygen atoms in total. The zero-order chi connectivity index (χ0) is 15.7. The van der Waals surface area contributed by atoms with Crippen molar-refractivity contribution in [3.05, 3.63) is 51.2 Å². The number of rotatable bonds is 3. The molecular formula is C16H13BrN2O3. The highest BCUT2D eigenvalue weighted by Crippen LogP contribution is 2.38. The Morgan fingerprint density at radius 1 is 1.32 bits per heavy atom. The van der Waals surface area contributed by atoms with E-state index in [1.807, 2.05) is 13.0 Å². The minimum atomic E-state index is -0.252. The zero-order valence-electron chi connectivity index (χ0n) is 11.8. The molecule has 0 bridgehead atoms. The molecule has 0 saturated heterocycles. The second kappa shape index (κ2) is 5.81. The molecule has 1 aromatic heterocycles. The number of para-hydroxylation sites is 1. The Hall–Kier alpha value is -2.34. The van der Waals surface area contributed by atoms with Crippen LogP contribution in [0.5, 0.6) is 11.5 Å². The molecule has 0 amide bonds. The van der Waals surface area contributed by atoms with Crippen LogP contribution in [0.25, 0.3) is 22.3 Å². The van der Waals surface area contributed by atoms with Crippen molar-refractivity contribution in [3.8, 4) is 22.9 Å². The SMILES string of the molecule is CCOc1cc(Br)cc(-c2nc3ccccc3c(=O)[nH]2)c1O. The maximum atomic E-state index is 12.2. The number of ether oxygens (including phenoxy) is 1. The summed E-state index contributed by atoms with van der Waals surface area (Å²) in [6.07, 6.45) is 0. The number of hydrogen-bond acceptors (Lipinski definition) is 4. The smallest absolute Gasteiger partial charge is 0.259 e. The maximum absolute atomic E-state index is 12.2. The summed E-state index contributed by atoms with van der Waals surface area (Å²) in [5.74, 6) is 0.578. The number of aromatic amines is 1. The molecule has 0 aliphatic heterocycles. The average Bonchev–Trinajstić information content (AvgIpc) is 2.51. The Bertz CT molecular complexity index is 906. The van der Waals surface area contributed by atoms with Gasteiger partial charge in [-0.05, 0) is 31.2 Å². The van der Waals surface area contributed by atoms with Crippen LogP contribution < -0.4 is 10.3 Å². The largest absolute Gasteiger partial charge is 0.504 e. The number of aromatic hydroxyl groups is 1. The summed E-state index contributed by atoms with van der Waals surface area (Å²) >= 11 is 3.37. The summed E-state index contributed by atoms with van der Waals surface area (Å²) in [6, 6.07) is 10.4. The summed E-state index contributed by atoms with van der Waals surface area (Å²) in [6.45, 7) is 2.25. The van der Waals surface area contributed by atoms with Crippen LogP contribution in [0, 0.1) is 0 Å². The summed E-state index contributed by atoms with van der Waals surface area (Å²) in [5.41, 5.74) is 0.720. The van der Waals surface area contributed by atoms with E-state index in [0.717, 1.165) is 4.47 Å². The minimum absolute atomic E-state index is 0.0523. The Kier molecular flexibility index (Phi) is 3.85. The van der Waals surface area contributed by atoms with E-state index >= 15 is 0 Å². The van der Waals surface area contributed by atoms with E-state index in [9.17, 15) is 9.90 Å². The van der Waals surface area contributed by atoms with Crippen molar-refractivity contribution >= 4 is 26.8 Å². The number of nitrogens with zero attached hydrogens (tertiary/aromatic N) is 1. The minimum Gasteiger partial charge on any atom is -0.504 e. The molecule has 0 unspecified atom stereocenters. The fourth-order valence-electron chi connectivity index (χ4n) is 2.23. The van der Waals surface area contributed by atoms with Crippen LogP contribution in [0.2, 0.25) is 0 Å². The summed E-state index contributed by atoms with van der Waals surface area (Å²) < 4.78 is 6.12. The van der Waals surface area contributed by atoms with E-state index in [2.05, 4.69) is 25.9 Å². The number of hydrogen-bond donors (Lipinski definition) is 2. The highest BCUT2D eigenvalue weighted by atomic mass is 79.9. The van der Waals surface area contributed by atoms with Gasteiger partial charge in [0.2, 0.25) is 0 Å². The fourth-order valence-corrected chi connectivity index (χ4v) is 2.67. The third-order valence-electron chi connectivity index (χ3n) is 3.21. The van der Waals surface area contributed by atoms with Crippen molar-refractivity contribution in [3.63, 3.8) is 0 Å². The lowest BCUT2D eigenvalue weighted by Gasteiger charge is -2.11. The number of halogens is 1. The van der Waals surface area contributed by atoms with Gasteiger partial charge in [-0.3, -0.25) is 4.79 Å². The number of fused-ring (bicyclic) bond motifs is 1. The van der Waals surface area contributed by atoms with Crippen molar-refractivity contribution in [1.82, 2.24) is 9.97 Å². The van der Waals surface area contributed by atoms with Crippen LogP contribution in [0.15, 0.2) is 45.7 Å². The monoisotopic (exact) mass is 360 g/mol. The molecule has 22 heavy (non-hydrogen) atoms. The molecule has 0 atom stereocenters. The van der Waals surface area contributed by atoms with E-state index in [4.69, 9.17) is 4.74 Å². The first kappa shape index (κ1) is 14.6. The Morgan fingerprint density at radius 2 is 2.09 bits per heavy atom. The molecule has 112 valence electrons. The first-order chi connectivity index (χ1) is 10.6. The van der Waals surface area contributed by atoms with Gasteiger partial charge in [0.05, 0.1) is 23.1 Å². The summed E-state index contributed by atoms with van der Waals surface area (Å²) in [5, 5.41) is 10.9. The van der Waals surface area contributed by atoms with Gasteiger partial charge in [0, 0.05) is 4.47 Å². The van der Waals surface area contributed by atoms with Crippen molar-refractivity contribution < 1.29 is 9.84 Å². The van der Waals surface area contributed by atoms with Gasteiger partial charge in [-0.2, -0.15) is 0 Å². The molecular weight excluding hydrogens is 348 g/mol. The number of benzene rings is 2. The fraction of sp³-hybridized carbons (Fsp3) is 0.125. The molecule has 0 radical (unpaired) electrons. The van der Waals surface area contributed by atoms with Crippen LogP contribution in [-0.2, 0) is 0 Å². The Morgan fingerprint density at radius 3 is 2.86 bits per heavy atom. The lowest BCUT2D eigenvalue weighted by molar-refractivity contribution is 0.318. The first-order valence-corrected chi connectivity index (χ1v) is 7.54. The van der Waals surface area contributed by atoms with Gasteiger partial charge in [-0.1, -0.05) is 28.1 Å². The quantitative estimate of drug-likeness (QED) is 0.749. The molecule has 3 rings (SSSR count). The average molecular weight is 361 g/mol. The second-order valence-corrected chi connectivity index (χ2v) is 5.58. The van der Waals surface area contributed by atoms with Gasteiger partial charge in [-0.25, -0.2) is 4.98 Å². The molecule has 0 aliphatic rings. The third kappa shape index (κ3) is 2.57. The molecule has 0 fully saturated rings. The molecule has 3 aromatic rings. The molecule has 2 aromatic carbocycles. The maximum Gasteiger partial charge on any atom is 0.259 e. The Labute approximate surface area is 134 Å². The number of aromatic nitrogens is 2. The number of nitrogens with one attached hydrogen (secondary N) is 1. The van der Waals surface area contributed by atoms with Crippen molar-refractivity contribution in [2.24, 2.45) is 0 Å². The molecule has 0 aliphatic carbocycles. The van der Waals surface area contributed by atoms with Gasteiger partial charge in [0.25, 0.3) is 5.56 Å². The van der Waals surface area contributed by atoms with Gasteiger partial charge in [0.1, 0.15) is 5.82 Å². The van der Waals surface area contributed by atoms with Gasteiger partial charge in [0.15, 0.2) is 11.5 Å². The first-order valence-electron chi connectivity index (χ1n) is 6.75. The number of phenolic OH excluding ortho intramolecular Hbond substituents is 1. The highest BCUT2D eigenvalue weighted by Gasteiger charge is 2.15. The number of H-pyrrole nitrogens is 1. The van der Waals surface area contributed by atoms with Crippen LogP contribution in [0.1, 0.15) is 6.92 Å². The number of phenols is 1. The second-order valence-electron chi connectivity index (χ2n) is 4.66. The lowest BCUT2D eigenvalue weighted by Crippen LogP contribution is -2.09. The lowest BCUT2D eigenvalue weighted by atomic mass is 10.1. The Balaban J connectivity index is 2.25. The van der Waals surface area contributed by atoms with Gasteiger partial charge < -0.3 is 14.8 Å². The van der Waals surface area contributed by atoms with E-state index < -0.39 is 0 Å². The third-order valence-corrected chi connectivity index (χ3v) is 3.67. The topological polar surface area (TPSA) is 75.2 Å². The van der Waals surface area contributed by atoms with Gasteiger partial charge in [-0.15, -0.1) is 0 Å². The molecule has 0 saturated carbocycles. The van der Waals surface area contributed by atoms with Crippen LogP contribution >= 0.6 is 15.9 Å². The van der Waals surface area contributed by atoms with E-state index in [1.54, 1.807) is 30.3 Å². The molecule has 0 spiro atoms. The van der Waals surface area contributed by atoms with E-state index in [1.165, 1.54) is 0 Å². The van der Waals surface area contributed by atoms with E-state index in [-0.39, 0.29) is 11.3 Å². The predicted molar refractivity (Wildman–Crippen MR) is 88.3 cm³/mol. The van der Waals surface area contributed by atoms with Crippen molar-refractivity contribution in [1.29, 1.82) is 0 Å². The van der Waals surface area contributed by atoms with Crippen molar-refractivity contribution in [2.75, 3.05) is 6.61 Å². The van der Waals surface area contributed by atoms with Gasteiger partial charge >= 0.3 is 0 Å². The predicted octanol–water partition coefficient (Wildman–Crippen LogP) is 3.46. The molecule has 2 N–H and O–H groups in total. The van der Waals surface area contributed by atoms with Crippen LogP contribution in [0.3, 0.4) is 0 Å². The summed E-state index contributed by atoms with van der Waals surface area (Å²) in [7, 11) is 0. The highest BCUT2D eigenvalue weighted by molar-refractivity contribution is 9.10. The zero-order valence-corrected chi connectivity index (χ0v) is 13.3. The van der Waals surface area contributed by atoms with Crippen LogP contribution in [-0.4, -0.2) is 21.7 Å². The van der Waals surface area contributed by atoms with Crippen LogP contribution in [0.4, 0.5) is 0 Å². The van der Waals surface area contributed by atoms with E-state index in [0.29, 0.717) is 34.6 Å². The molecule has 1 heterocycles. The standard InChI is InChI=1S/C16H13BrN2O3/c1-2-22-13-8-9(17)7-11(14(13)20)15-18-12-6-4-3-5-10(12)16(21)19-15/h3-8,20H,2H2,1H3,(H,18,19,21). The summed E-state index contributed by atoms with van der Waals surface area (Å²) in [4.78, 5) is 19.3. The van der Waals surface area contributed by atoms with Crippen molar-refractivity contribution in [2.45, 2.75) is 6.92 Å².